The second kappa shape index (κ2) is 9.67. The van der Waals surface area contributed by atoms with Gasteiger partial charge in [-0.2, -0.15) is 0 Å². The molecule has 0 aromatic heterocycles. The second-order valence-corrected chi connectivity index (χ2v) is 12.8. The van der Waals surface area contributed by atoms with Crippen LogP contribution in [-0.4, -0.2) is 39.8 Å². The molecule has 2 aliphatic heterocycles. The van der Waals surface area contributed by atoms with Crippen molar-refractivity contribution in [2.45, 2.75) is 43.9 Å². The van der Waals surface area contributed by atoms with E-state index in [0.29, 0.717) is 24.0 Å². The van der Waals surface area contributed by atoms with Crippen LogP contribution in [0.25, 0.3) is 6.08 Å². The van der Waals surface area contributed by atoms with E-state index in [2.05, 4.69) is 46.0 Å². The number of amides is 1. The lowest BCUT2D eigenvalue weighted by atomic mass is 9.70. The number of allylic oxidation sites excluding steroid dienone is 2. The van der Waals surface area contributed by atoms with Crippen molar-refractivity contribution in [3.8, 4) is 5.75 Å². The zero-order valence-corrected chi connectivity index (χ0v) is 21.9. The van der Waals surface area contributed by atoms with Crippen molar-refractivity contribution < 1.29 is 17.9 Å². The molecule has 3 unspecified atom stereocenters. The maximum Gasteiger partial charge on any atom is 0.264 e. The van der Waals surface area contributed by atoms with E-state index in [1.807, 2.05) is 18.2 Å². The van der Waals surface area contributed by atoms with Crippen LogP contribution in [0.1, 0.15) is 60.0 Å². The average molecular weight is 519 g/mol. The molecule has 0 radical (unpaired) electrons. The van der Waals surface area contributed by atoms with Gasteiger partial charge < -0.3 is 9.64 Å². The quantitative estimate of drug-likeness (QED) is 0.493. The van der Waals surface area contributed by atoms with Gasteiger partial charge in [0, 0.05) is 18.7 Å². The van der Waals surface area contributed by atoms with Gasteiger partial charge >= 0.3 is 0 Å². The highest BCUT2D eigenvalue weighted by atomic mass is 32.2. The Bertz CT molecular complexity index is 1370. The predicted molar refractivity (Wildman–Crippen MR) is 146 cm³/mol. The van der Waals surface area contributed by atoms with Crippen LogP contribution in [0.5, 0.6) is 5.75 Å². The van der Waals surface area contributed by atoms with Gasteiger partial charge in [-0.1, -0.05) is 48.6 Å². The zero-order valence-electron chi connectivity index (χ0n) is 21.1. The van der Waals surface area contributed by atoms with Gasteiger partial charge in [-0.05, 0) is 79.7 Å². The summed E-state index contributed by atoms with van der Waals surface area (Å²) in [4.78, 5) is 15.4. The summed E-state index contributed by atoms with van der Waals surface area (Å²) < 4.78 is 33.8. The van der Waals surface area contributed by atoms with E-state index in [0.717, 1.165) is 50.2 Å². The molecule has 37 heavy (non-hydrogen) atoms. The molecule has 1 spiro atoms. The Morgan fingerprint density at radius 3 is 2.73 bits per heavy atom. The first-order valence-corrected chi connectivity index (χ1v) is 15.1. The van der Waals surface area contributed by atoms with Crippen molar-refractivity contribution in [1.82, 2.24) is 4.72 Å². The summed E-state index contributed by atoms with van der Waals surface area (Å²) in [6.45, 7) is 2.25. The highest BCUT2D eigenvalue weighted by molar-refractivity contribution is 7.90. The van der Waals surface area contributed by atoms with E-state index in [1.54, 1.807) is 12.1 Å². The van der Waals surface area contributed by atoms with Crippen LogP contribution < -0.4 is 14.4 Å². The van der Waals surface area contributed by atoms with Crippen LogP contribution >= 0.6 is 0 Å². The average Bonchev–Trinajstić information content (AvgIpc) is 3.02. The Kier molecular flexibility index (Phi) is 6.35. The summed E-state index contributed by atoms with van der Waals surface area (Å²) in [5.74, 6) is 1.24. The molecule has 3 atom stereocenters. The van der Waals surface area contributed by atoms with Gasteiger partial charge in [0.15, 0.2) is 0 Å². The summed E-state index contributed by atoms with van der Waals surface area (Å²) in [6, 6.07) is 13.9. The number of fused-ring (bicyclic) bond motifs is 4. The molecule has 1 N–H and O–H groups in total. The lowest BCUT2D eigenvalue weighted by Gasteiger charge is -2.44. The van der Waals surface area contributed by atoms with Crippen LogP contribution in [0.3, 0.4) is 0 Å². The molecule has 1 saturated carbocycles. The highest BCUT2D eigenvalue weighted by Crippen LogP contribution is 2.45. The monoisotopic (exact) mass is 518 g/mol. The summed E-state index contributed by atoms with van der Waals surface area (Å²) in [7, 11) is -3.75. The molecule has 1 amide bonds. The lowest BCUT2D eigenvalue weighted by Crippen LogP contribution is -2.47. The molecule has 2 aromatic rings. The minimum atomic E-state index is -3.75. The standard InChI is InChI=1S/C30H34N2O4S/c33-29-24-14-15-28-27(18-24)32(20-30(21-36-28)16-7-10-23-9-4-5-11-26(23)30)19-25-13-12-22(25)8-3-1-2-6-17-37(34,35)31-29/h2,4-7,9-11,14-15,18,22,25H,1,3,8,12-13,16-17,19-21H2,(H,31,33). The van der Waals surface area contributed by atoms with Gasteiger partial charge in [-0.25, -0.2) is 13.1 Å². The first-order chi connectivity index (χ1) is 17.9. The molecule has 4 aliphatic rings. The third kappa shape index (κ3) is 4.81. The summed E-state index contributed by atoms with van der Waals surface area (Å²) in [6.07, 6.45) is 14.5. The van der Waals surface area contributed by atoms with Crippen molar-refractivity contribution in [2.24, 2.45) is 11.8 Å². The van der Waals surface area contributed by atoms with E-state index >= 15 is 0 Å². The number of rotatable bonds is 0. The Morgan fingerprint density at radius 1 is 1.00 bits per heavy atom. The molecule has 6 nitrogen and oxygen atoms in total. The van der Waals surface area contributed by atoms with Crippen LogP contribution in [0, 0.1) is 11.8 Å². The Morgan fingerprint density at radius 2 is 1.86 bits per heavy atom. The second-order valence-electron chi connectivity index (χ2n) is 11.0. The number of carbonyl (C=O) groups is 1. The van der Waals surface area contributed by atoms with Crippen molar-refractivity contribution >= 4 is 27.7 Å². The summed E-state index contributed by atoms with van der Waals surface area (Å²) in [5, 5.41) is 0. The number of sulfonamides is 1. The smallest absolute Gasteiger partial charge is 0.264 e. The number of carbonyl (C=O) groups excluding carboxylic acids is 1. The summed E-state index contributed by atoms with van der Waals surface area (Å²) in [5.41, 5.74) is 3.56. The zero-order chi connectivity index (χ0) is 25.5. The van der Waals surface area contributed by atoms with Crippen molar-refractivity contribution in [1.29, 1.82) is 0 Å². The number of nitrogens with zero attached hydrogens (tertiary/aromatic N) is 1. The van der Waals surface area contributed by atoms with Crippen LogP contribution in [0.4, 0.5) is 5.69 Å². The first kappa shape index (κ1) is 24.3. The van der Waals surface area contributed by atoms with Gasteiger partial charge in [0.2, 0.25) is 10.0 Å². The molecule has 2 aromatic carbocycles. The Labute approximate surface area is 219 Å². The molecule has 6 rings (SSSR count). The number of nitrogens with one attached hydrogen (secondary N) is 1. The van der Waals surface area contributed by atoms with Crippen molar-refractivity contribution in [3.63, 3.8) is 0 Å². The molecule has 2 aliphatic carbocycles. The van der Waals surface area contributed by atoms with E-state index in [4.69, 9.17) is 4.74 Å². The van der Waals surface area contributed by atoms with Gasteiger partial charge in [0.25, 0.3) is 5.91 Å². The van der Waals surface area contributed by atoms with Gasteiger partial charge in [-0.15, -0.1) is 0 Å². The van der Waals surface area contributed by atoms with Crippen molar-refractivity contribution in [3.05, 3.63) is 77.4 Å². The highest BCUT2D eigenvalue weighted by Gasteiger charge is 2.42. The van der Waals surface area contributed by atoms with Crippen LogP contribution in [-0.2, 0) is 15.4 Å². The molecule has 2 heterocycles. The molecule has 194 valence electrons. The number of anilines is 1. The fourth-order valence-electron chi connectivity index (χ4n) is 6.43. The minimum Gasteiger partial charge on any atom is -0.490 e. The molecule has 1 fully saturated rings. The van der Waals surface area contributed by atoms with Crippen LogP contribution in [0.2, 0.25) is 0 Å². The topological polar surface area (TPSA) is 75.7 Å². The minimum absolute atomic E-state index is 0.193. The number of benzene rings is 2. The molecule has 7 heteroatoms. The fourth-order valence-corrected chi connectivity index (χ4v) is 7.30. The molecular formula is C30H34N2O4S. The summed E-state index contributed by atoms with van der Waals surface area (Å²) >= 11 is 0. The maximum atomic E-state index is 13.0. The Hall–Kier alpha value is -3.06. The number of hydrogen-bond donors (Lipinski definition) is 1. The van der Waals surface area contributed by atoms with E-state index in [-0.39, 0.29) is 11.2 Å². The molecular weight excluding hydrogens is 484 g/mol. The third-order valence-corrected chi connectivity index (χ3v) is 9.73. The third-order valence-electron chi connectivity index (χ3n) is 8.60. The number of hydrogen-bond acceptors (Lipinski definition) is 5. The van der Waals surface area contributed by atoms with Crippen molar-refractivity contribution in [2.75, 3.05) is 30.3 Å². The van der Waals surface area contributed by atoms with E-state index < -0.39 is 15.9 Å². The lowest BCUT2D eigenvalue weighted by molar-refractivity contribution is 0.0981. The number of ether oxygens (including phenoxy) is 1. The fraction of sp³-hybridized carbons (Fsp3) is 0.433. The van der Waals surface area contributed by atoms with Crippen LogP contribution in [0.15, 0.2) is 60.7 Å². The van der Waals surface area contributed by atoms with E-state index in [9.17, 15) is 13.2 Å². The van der Waals surface area contributed by atoms with Gasteiger partial charge in [-0.3, -0.25) is 4.79 Å². The van der Waals surface area contributed by atoms with Gasteiger partial charge in [0.1, 0.15) is 5.75 Å². The van der Waals surface area contributed by atoms with Gasteiger partial charge in [0.05, 0.1) is 23.5 Å². The SMILES string of the molecule is O=C1NS(=O)(=O)CC=CCCCC2CCC2CN2CC3(CC=Cc4ccccc43)COc3ccc1cc32. The predicted octanol–water partition coefficient (Wildman–Crippen LogP) is 5.07. The molecule has 2 bridgehead atoms. The Balaban J connectivity index is 1.40. The molecule has 0 saturated heterocycles. The first-order valence-electron chi connectivity index (χ1n) is 13.4. The van der Waals surface area contributed by atoms with E-state index in [1.165, 1.54) is 24.0 Å². The normalized spacial score (nSPS) is 28.8. The largest absolute Gasteiger partial charge is 0.490 e. The maximum absolute atomic E-state index is 13.0.